The average molecular weight is 369 g/mol. The van der Waals surface area contributed by atoms with Crippen LogP contribution in [0.1, 0.15) is 54.4 Å². The van der Waals surface area contributed by atoms with Gasteiger partial charge in [0.2, 0.25) is 13.9 Å². The summed E-state index contributed by atoms with van der Waals surface area (Å²) >= 11 is 0. The molecule has 4 atom stereocenters. The third kappa shape index (κ3) is 2.70. The summed E-state index contributed by atoms with van der Waals surface area (Å²) < 4.78 is 14.8. The van der Waals surface area contributed by atoms with Crippen LogP contribution in [0.2, 0.25) is 16.6 Å². The lowest BCUT2D eigenvalue weighted by Gasteiger charge is -2.46. The van der Waals surface area contributed by atoms with Gasteiger partial charge in [-0.3, -0.25) is 0 Å². The zero-order valence-electron chi connectivity index (χ0n) is 17.2. The fraction of sp³-hybridized carbons (Fsp3) is 0.850. The number of hydrogen-bond donors (Lipinski definition) is 1. The van der Waals surface area contributed by atoms with Crippen LogP contribution < -0.4 is 0 Å². The van der Waals surface area contributed by atoms with Crippen LogP contribution in [0.15, 0.2) is 12.7 Å². The SMILES string of the molecule is C=CC1(O)CC2CC(OC)C1(CO[Si](C(C)C)(C(C)C)C(C)C)[N+]2=C. The first-order valence-electron chi connectivity index (χ1n) is 9.66. The average Bonchev–Trinajstić information content (AvgIpc) is 2.91. The van der Waals surface area contributed by atoms with Gasteiger partial charge in [-0.15, -0.1) is 0 Å². The number of ether oxygens (including phenoxy) is 1. The molecular formula is C20H38NO3Si+. The lowest BCUT2D eigenvalue weighted by molar-refractivity contribution is -0.604. The number of hydrogen-bond acceptors (Lipinski definition) is 3. The van der Waals surface area contributed by atoms with Crippen LogP contribution in [0.3, 0.4) is 0 Å². The van der Waals surface area contributed by atoms with Crippen molar-refractivity contribution in [2.24, 2.45) is 0 Å². The van der Waals surface area contributed by atoms with Gasteiger partial charge in [-0.2, -0.15) is 0 Å². The van der Waals surface area contributed by atoms with Crippen LogP contribution in [0.25, 0.3) is 0 Å². The van der Waals surface area contributed by atoms with Crippen LogP contribution in [0.5, 0.6) is 0 Å². The summed E-state index contributed by atoms with van der Waals surface area (Å²) in [5.74, 6) is 0. The highest BCUT2D eigenvalue weighted by molar-refractivity contribution is 6.77. The Balaban J connectivity index is 2.44. The molecule has 2 rings (SSSR count). The van der Waals surface area contributed by atoms with E-state index in [0.29, 0.717) is 29.7 Å². The zero-order valence-corrected chi connectivity index (χ0v) is 18.2. The van der Waals surface area contributed by atoms with Gasteiger partial charge in [0.05, 0.1) is 0 Å². The molecule has 5 heteroatoms. The van der Waals surface area contributed by atoms with Gasteiger partial charge in [-0.05, 0) is 16.6 Å². The minimum atomic E-state index is -2.04. The molecule has 1 N–H and O–H groups in total. The van der Waals surface area contributed by atoms with Crippen LogP contribution in [-0.2, 0) is 9.16 Å². The molecule has 0 spiro atoms. The Morgan fingerprint density at radius 1 is 1.20 bits per heavy atom. The van der Waals surface area contributed by atoms with E-state index in [4.69, 9.17) is 9.16 Å². The molecule has 2 aliphatic rings. The van der Waals surface area contributed by atoms with Crippen molar-refractivity contribution in [3.8, 4) is 0 Å². The predicted molar refractivity (Wildman–Crippen MR) is 106 cm³/mol. The highest BCUT2D eigenvalue weighted by Gasteiger charge is 2.75. The van der Waals surface area contributed by atoms with E-state index in [-0.39, 0.29) is 12.1 Å². The Labute approximate surface area is 155 Å². The van der Waals surface area contributed by atoms with Crippen molar-refractivity contribution in [3.05, 3.63) is 12.7 Å². The summed E-state index contributed by atoms with van der Waals surface area (Å²) in [5, 5.41) is 11.4. The topological polar surface area (TPSA) is 41.7 Å². The van der Waals surface area contributed by atoms with Gasteiger partial charge < -0.3 is 14.3 Å². The standard InChI is InChI=1S/C20H38NO3Si/c1-10-19(22)12-17-11-18(23-9)20(19,21(17)8)13-24-25(14(2)3,15(4)5)16(6)7/h10,14-18,22H,1,8,11-13H2,2-7,9H3/q+1. The van der Waals surface area contributed by atoms with Crippen LogP contribution in [0, 0.1) is 0 Å². The fourth-order valence-corrected chi connectivity index (χ4v) is 11.4. The molecule has 144 valence electrons. The van der Waals surface area contributed by atoms with Gasteiger partial charge in [0.15, 0.2) is 11.6 Å². The zero-order chi connectivity index (χ0) is 19.2. The normalized spacial score (nSPS) is 35.4. The maximum absolute atomic E-state index is 11.4. The number of methoxy groups -OCH3 is 1. The molecular weight excluding hydrogens is 330 g/mol. The minimum absolute atomic E-state index is 0.0927. The molecule has 2 heterocycles. The molecule has 0 aliphatic carbocycles. The van der Waals surface area contributed by atoms with Crippen molar-refractivity contribution in [1.29, 1.82) is 0 Å². The third-order valence-corrected chi connectivity index (χ3v) is 13.2. The molecule has 25 heavy (non-hydrogen) atoms. The summed E-state index contributed by atoms with van der Waals surface area (Å²) in [5.41, 5.74) is -0.176. The number of fused-ring (bicyclic) bond motifs is 2. The van der Waals surface area contributed by atoms with Gasteiger partial charge in [0.25, 0.3) is 0 Å². The summed E-state index contributed by atoms with van der Waals surface area (Å²) in [4.78, 5) is 0. The second kappa shape index (κ2) is 6.91. The van der Waals surface area contributed by atoms with Gasteiger partial charge in [0, 0.05) is 20.0 Å². The van der Waals surface area contributed by atoms with Crippen LogP contribution in [0.4, 0.5) is 0 Å². The number of aliphatic hydroxyl groups is 1. The molecule has 4 unspecified atom stereocenters. The first-order chi connectivity index (χ1) is 11.5. The van der Waals surface area contributed by atoms with E-state index in [1.54, 1.807) is 13.2 Å². The van der Waals surface area contributed by atoms with E-state index in [1.807, 2.05) is 0 Å². The smallest absolute Gasteiger partial charge is 0.242 e. The highest BCUT2D eigenvalue weighted by atomic mass is 28.4. The van der Waals surface area contributed by atoms with Crippen molar-refractivity contribution >= 4 is 15.0 Å². The lowest BCUT2D eigenvalue weighted by Crippen LogP contribution is -2.65. The summed E-state index contributed by atoms with van der Waals surface area (Å²) in [6, 6.07) is 0.213. The van der Waals surface area contributed by atoms with E-state index in [9.17, 15) is 5.11 Å². The fourth-order valence-electron chi connectivity index (χ4n) is 5.92. The van der Waals surface area contributed by atoms with E-state index in [0.717, 1.165) is 6.42 Å². The van der Waals surface area contributed by atoms with Crippen molar-refractivity contribution in [2.45, 2.75) is 94.3 Å². The molecule has 2 saturated heterocycles. The van der Waals surface area contributed by atoms with E-state index >= 15 is 0 Å². The Morgan fingerprint density at radius 2 is 1.72 bits per heavy atom. The van der Waals surface area contributed by atoms with Crippen molar-refractivity contribution < 1.29 is 18.8 Å². The second-order valence-electron chi connectivity index (χ2n) is 8.95. The van der Waals surface area contributed by atoms with Crippen LogP contribution >= 0.6 is 0 Å². The minimum Gasteiger partial charge on any atom is -0.409 e. The number of rotatable bonds is 8. The Hall–Kier alpha value is -0.493. The summed E-state index contributed by atoms with van der Waals surface area (Å²) in [6.07, 6.45) is 3.13. The van der Waals surface area contributed by atoms with E-state index in [2.05, 4.69) is 59.4 Å². The third-order valence-electron chi connectivity index (χ3n) is 7.14. The quantitative estimate of drug-likeness (QED) is 0.403. The molecule has 0 aromatic carbocycles. The predicted octanol–water partition coefficient (Wildman–Crippen LogP) is 3.74. The van der Waals surface area contributed by atoms with Crippen LogP contribution in [-0.4, -0.2) is 61.7 Å². The molecule has 4 nitrogen and oxygen atoms in total. The highest BCUT2D eigenvalue weighted by Crippen LogP contribution is 2.53. The molecule has 0 amide bonds. The van der Waals surface area contributed by atoms with Gasteiger partial charge in [-0.25, -0.2) is 4.58 Å². The first kappa shape index (κ1) is 20.8. The Bertz CT molecular complexity index is 511. The van der Waals surface area contributed by atoms with Crippen molar-refractivity contribution in [3.63, 3.8) is 0 Å². The lowest BCUT2D eigenvalue weighted by atomic mass is 9.72. The van der Waals surface area contributed by atoms with E-state index in [1.165, 1.54) is 0 Å². The monoisotopic (exact) mass is 368 g/mol. The van der Waals surface area contributed by atoms with Gasteiger partial charge in [0.1, 0.15) is 19.4 Å². The van der Waals surface area contributed by atoms with E-state index < -0.39 is 19.5 Å². The molecule has 0 aromatic heterocycles. The molecule has 2 bridgehead atoms. The molecule has 2 fully saturated rings. The molecule has 0 radical (unpaired) electrons. The van der Waals surface area contributed by atoms with Crippen molar-refractivity contribution in [1.82, 2.24) is 0 Å². The number of nitrogens with zero attached hydrogens (tertiary/aromatic N) is 1. The Morgan fingerprint density at radius 3 is 2.12 bits per heavy atom. The maximum atomic E-state index is 11.4. The largest absolute Gasteiger partial charge is 0.409 e. The van der Waals surface area contributed by atoms with Gasteiger partial charge in [-0.1, -0.05) is 54.2 Å². The molecule has 0 saturated carbocycles. The summed E-state index contributed by atoms with van der Waals surface area (Å²) in [7, 11) is -0.318. The molecule has 2 aliphatic heterocycles. The molecule has 0 aromatic rings. The van der Waals surface area contributed by atoms with Gasteiger partial charge >= 0.3 is 0 Å². The maximum Gasteiger partial charge on any atom is 0.242 e. The van der Waals surface area contributed by atoms with Crippen molar-refractivity contribution in [2.75, 3.05) is 13.7 Å². The Kier molecular flexibility index (Phi) is 5.75. The first-order valence-corrected chi connectivity index (χ1v) is 11.8. The summed E-state index contributed by atoms with van der Waals surface area (Å²) in [6.45, 7) is 22.4. The second-order valence-corrected chi connectivity index (χ2v) is 14.4.